The molecule has 156 valence electrons. The Labute approximate surface area is 199 Å². The first-order valence-corrected chi connectivity index (χ1v) is 12.1. The molecule has 4 rings (SSSR count). The van der Waals surface area contributed by atoms with Gasteiger partial charge in [-0.25, -0.2) is 9.59 Å². The predicted molar refractivity (Wildman–Crippen MR) is 123 cm³/mol. The average molecular weight is 642 g/mol. The van der Waals surface area contributed by atoms with Crippen LogP contribution in [0.1, 0.15) is 23.6 Å². The molecule has 29 heavy (non-hydrogen) atoms. The Morgan fingerprint density at radius 1 is 1.00 bits per heavy atom. The maximum absolute atomic E-state index is 11.1. The molecule has 0 spiro atoms. The number of hydrogen-bond donors (Lipinski definition) is 1. The second kappa shape index (κ2) is 11.6. The molecule has 2 aliphatic rings. The van der Waals surface area contributed by atoms with Gasteiger partial charge in [-0.2, -0.15) is 0 Å². The molecule has 0 saturated carbocycles. The number of carbonyl (C=O) groups excluding carboxylic acids is 2. The van der Waals surface area contributed by atoms with Crippen molar-refractivity contribution in [2.75, 3.05) is 25.1 Å². The quantitative estimate of drug-likeness (QED) is 0.379. The summed E-state index contributed by atoms with van der Waals surface area (Å²) in [5.41, 5.74) is 1.55. The van der Waals surface area contributed by atoms with Gasteiger partial charge in [-0.05, 0) is 61.1 Å². The molecule has 4 heterocycles. The van der Waals surface area contributed by atoms with Crippen LogP contribution in [0.4, 0.5) is 9.59 Å². The SMILES string of the molecule is CI.CN1C[C@@H](c2ccc(Br)cn2)OC1=O.O=C1NC[C@@H](c2ccc(Br)cn2)O1. The van der Waals surface area contributed by atoms with Crippen molar-refractivity contribution in [3.8, 4) is 0 Å². The smallest absolute Gasteiger partial charge is 0.410 e. The average Bonchev–Trinajstić information content (AvgIpc) is 3.31. The van der Waals surface area contributed by atoms with Crippen LogP contribution in [0.2, 0.25) is 0 Å². The van der Waals surface area contributed by atoms with Crippen LogP contribution in [0.5, 0.6) is 0 Å². The van der Waals surface area contributed by atoms with Crippen LogP contribution in [0.3, 0.4) is 0 Å². The van der Waals surface area contributed by atoms with Gasteiger partial charge in [-0.15, -0.1) is 0 Å². The van der Waals surface area contributed by atoms with Gasteiger partial charge >= 0.3 is 12.2 Å². The largest absolute Gasteiger partial charge is 0.438 e. The molecule has 2 aromatic rings. The molecule has 2 atom stereocenters. The van der Waals surface area contributed by atoms with Crippen LogP contribution in [0.15, 0.2) is 45.6 Å². The molecule has 0 bridgehead atoms. The zero-order chi connectivity index (χ0) is 21.4. The number of ether oxygens (including phenoxy) is 2. The Morgan fingerprint density at radius 2 is 1.55 bits per heavy atom. The number of amides is 2. The molecule has 0 aliphatic carbocycles. The molecule has 2 aliphatic heterocycles. The molecular formula is C18H19Br2IN4O4. The van der Waals surface area contributed by atoms with E-state index in [9.17, 15) is 9.59 Å². The number of cyclic esters (lactones) is 2. The molecule has 0 unspecified atom stereocenters. The van der Waals surface area contributed by atoms with Crippen LogP contribution >= 0.6 is 54.5 Å². The fourth-order valence-electron chi connectivity index (χ4n) is 2.44. The van der Waals surface area contributed by atoms with Crippen molar-refractivity contribution in [2.45, 2.75) is 12.2 Å². The summed E-state index contributed by atoms with van der Waals surface area (Å²) in [6, 6.07) is 7.43. The van der Waals surface area contributed by atoms with E-state index in [0.717, 1.165) is 20.3 Å². The third-order valence-corrected chi connectivity index (χ3v) is 4.77. The fraction of sp³-hybridized carbons (Fsp3) is 0.333. The Balaban J connectivity index is 0.000000191. The molecule has 0 radical (unpaired) electrons. The van der Waals surface area contributed by atoms with E-state index in [1.807, 2.05) is 29.2 Å². The van der Waals surface area contributed by atoms with Crippen LogP contribution in [0, 0.1) is 0 Å². The van der Waals surface area contributed by atoms with Gasteiger partial charge in [0.2, 0.25) is 0 Å². The van der Waals surface area contributed by atoms with Gasteiger partial charge in [0.15, 0.2) is 12.2 Å². The van der Waals surface area contributed by atoms with Gasteiger partial charge in [0.05, 0.1) is 24.5 Å². The molecule has 1 N–H and O–H groups in total. The molecule has 8 nitrogen and oxygen atoms in total. The second-order valence-electron chi connectivity index (χ2n) is 5.83. The van der Waals surface area contributed by atoms with Crippen LogP contribution in [-0.2, 0) is 9.47 Å². The van der Waals surface area contributed by atoms with Crippen LogP contribution < -0.4 is 5.32 Å². The number of aromatic nitrogens is 2. The summed E-state index contributed by atoms with van der Waals surface area (Å²) >= 11 is 8.73. The number of carbonyl (C=O) groups is 2. The van der Waals surface area contributed by atoms with Crippen LogP contribution in [-0.4, -0.2) is 52.1 Å². The molecule has 0 aromatic carbocycles. The van der Waals surface area contributed by atoms with Crippen molar-refractivity contribution < 1.29 is 19.1 Å². The van der Waals surface area contributed by atoms with Crippen molar-refractivity contribution in [3.05, 3.63) is 57.0 Å². The maximum atomic E-state index is 11.1. The van der Waals surface area contributed by atoms with E-state index < -0.39 is 0 Å². The number of nitrogens with one attached hydrogen (secondary N) is 1. The minimum absolute atomic E-state index is 0.236. The molecule has 2 saturated heterocycles. The number of pyridine rings is 2. The number of likely N-dealkylation sites (N-methyl/N-ethyl adjacent to an activating group) is 1. The standard InChI is InChI=1S/C9H9BrN2O2.C8H7BrN2O2.CH3I/c1-12-5-8(14-9(12)13)7-3-2-6(10)4-11-7;9-5-1-2-6(10-3-5)7-4-11-8(12)13-7;1-2/h2-4,8H,5H2,1H3;1-3,7H,4H2,(H,11,12);1H3/t8-;7-;/m00./s1. The van der Waals surface area contributed by atoms with Gasteiger partial charge in [0, 0.05) is 28.4 Å². The Bertz CT molecular complexity index is 824. The van der Waals surface area contributed by atoms with E-state index in [1.165, 1.54) is 4.90 Å². The van der Waals surface area contributed by atoms with Gasteiger partial charge < -0.3 is 19.7 Å². The summed E-state index contributed by atoms with van der Waals surface area (Å²) < 4.78 is 11.9. The topological polar surface area (TPSA) is 93.7 Å². The van der Waals surface area contributed by atoms with E-state index in [1.54, 1.807) is 19.4 Å². The first-order valence-electron chi connectivity index (χ1n) is 8.39. The highest BCUT2D eigenvalue weighted by Crippen LogP contribution is 2.24. The lowest BCUT2D eigenvalue weighted by Crippen LogP contribution is -2.17. The summed E-state index contributed by atoms with van der Waals surface area (Å²) in [6.07, 6.45) is 2.22. The second-order valence-corrected chi connectivity index (χ2v) is 7.66. The van der Waals surface area contributed by atoms with Crippen molar-refractivity contribution in [2.24, 2.45) is 0 Å². The first-order chi connectivity index (χ1) is 13.9. The van der Waals surface area contributed by atoms with Crippen molar-refractivity contribution in [1.82, 2.24) is 20.2 Å². The minimum Gasteiger partial charge on any atom is -0.438 e. The lowest BCUT2D eigenvalue weighted by Gasteiger charge is -2.06. The predicted octanol–water partition coefficient (Wildman–Crippen LogP) is 4.64. The van der Waals surface area contributed by atoms with Crippen molar-refractivity contribution in [1.29, 1.82) is 0 Å². The number of halogens is 3. The fourth-order valence-corrected chi connectivity index (χ4v) is 2.90. The van der Waals surface area contributed by atoms with Gasteiger partial charge in [0.1, 0.15) is 0 Å². The van der Waals surface area contributed by atoms with E-state index >= 15 is 0 Å². The third-order valence-electron chi connectivity index (χ3n) is 3.84. The zero-order valence-electron chi connectivity index (χ0n) is 15.6. The number of alkyl carbamates (subject to hydrolysis) is 1. The molecular weight excluding hydrogens is 623 g/mol. The summed E-state index contributed by atoms with van der Waals surface area (Å²) in [5, 5.41) is 2.57. The summed E-state index contributed by atoms with van der Waals surface area (Å²) in [5.74, 6) is 0. The Hall–Kier alpha value is -1.47. The number of hydrogen-bond acceptors (Lipinski definition) is 6. The monoisotopic (exact) mass is 640 g/mol. The minimum atomic E-state index is -0.380. The molecule has 2 amide bonds. The van der Waals surface area contributed by atoms with Gasteiger partial charge in [-0.3, -0.25) is 9.97 Å². The molecule has 11 heteroatoms. The maximum Gasteiger partial charge on any atom is 0.410 e. The number of nitrogens with zero attached hydrogens (tertiary/aromatic N) is 3. The first kappa shape index (κ1) is 23.8. The molecule has 2 fully saturated rings. The number of rotatable bonds is 2. The normalized spacial score (nSPS) is 19.8. The third kappa shape index (κ3) is 7.07. The van der Waals surface area contributed by atoms with Gasteiger partial charge in [-0.1, -0.05) is 22.6 Å². The summed E-state index contributed by atoms with van der Waals surface area (Å²) in [4.78, 5) is 33.6. The van der Waals surface area contributed by atoms with E-state index in [4.69, 9.17) is 9.47 Å². The van der Waals surface area contributed by atoms with Crippen molar-refractivity contribution in [3.63, 3.8) is 0 Å². The lowest BCUT2D eigenvalue weighted by molar-refractivity contribution is 0.133. The van der Waals surface area contributed by atoms with E-state index in [0.29, 0.717) is 13.1 Å². The van der Waals surface area contributed by atoms with Crippen LogP contribution in [0.25, 0.3) is 0 Å². The van der Waals surface area contributed by atoms with Gasteiger partial charge in [0.25, 0.3) is 0 Å². The van der Waals surface area contributed by atoms with E-state index in [2.05, 4.69) is 69.7 Å². The lowest BCUT2D eigenvalue weighted by atomic mass is 10.2. The van der Waals surface area contributed by atoms with Crippen molar-refractivity contribution >= 4 is 66.6 Å². The summed E-state index contributed by atoms with van der Waals surface area (Å²) in [7, 11) is 1.71. The Kier molecular flexibility index (Phi) is 9.56. The zero-order valence-corrected chi connectivity index (χ0v) is 21.0. The highest BCUT2D eigenvalue weighted by atomic mass is 127. The summed E-state index contributed by atoms with van der Waals surface area (Å²) in [6.45, 7) is 1.06. The molecule has 2 aromatic heterocycles. The highest BCUT2D eigenvalue weighted by Gasteiger charge is 2.30. The Morgan fingerprint density at radius 3 is 1.93 bits per heavy atom. The van der Waals surface area contributed by atoms with E-state index in [-0.39, 0.29) is 24.4 Å². The number of alkyl halides is 1. The highest BCUT2D eigenvalue weighted by molar-refractivity contribution is 14.1.